The molecule has 64 valence electrons. The van der Waals surface area contributed by atoms with Gasteiger partial charge in [-0.3, -0.25) is 5.43 Å². The van der Waals surface area contributed by atoms with Gasteiger partial charge in [0.25, 0.3) is 0 Å². The summed E-state index contributed by atoms with van der Waals surface area (Å²) in [7, 11) is 0. The minimum Gasteiger partial charge on any atom is -0.351 e. The summed E-state index contributed by atoms with van der Waals surface area (Å²) in [6.07, 6.45) is 4.83. The number of nitrogens with zero attached hydrogens (tertiary/aromatic N) is 1. The third-order valence-electron chi connectivity index (χ3n) is 1.87. The quantitative estimate of drug-likeness (QED) is 0.580. The Morgan fingerprint density at radius 1 is 1.18 bits per heavy atom. The summed E-state index contributed by atoms with van der Waals surface area (Å²) < 4.78 is 0. The molecule has 0 unspecified atom stereocenters. The lowest BCUT2D eigenvalue weighted by molar-refractivity contribution is 0.187. The summed E-state index contributed by atoms with van der Waals surface area (Å²) in [5.41, 5.74) is 7.58. The molecule has 0 aromatic heterocycles. The summed E-state index contributed by atoms with van der Waals surface area (Å²) >= 11 is 0. The number of rotatable bonds is 1. The second-order valence-corrected chi connectivity index (χ2v) is 2.88. The van der Waals surface area contributed by atoms with E-state index in [1.807, 2.05) is 5.01 Å². The highest BCUT2D eigenvalue weighted by molar-refractivity contribution is 5.70. The van der Waals surface area contributed by atoms with E-state index in [0.717, 1.165) is 25.9 Å². The fraction of sp³-hybridized carbons (Fsp3) is 0.857. The second-order valence-electron chi connectivity index (χ2n) is 2.88. The SMILES string of the molecule is NC(=O)NN1CCCCCC1. The monoisotopic (exact) mass is 157 g/mol. The van der Waals surface area contributed by atoms with Crippen LogP contribution in [0.1, 0.15) is 25.7 Å². The third kappa shape index (κ3) is 3.23. The highest BCUT2D eigenvalue weighted by Crippen LogP contribution is 2.06. The number of hydrogen-bond acceptors (Lipinski definition) is 2. The molecule has 0 saturated carbocycles. The Kier molecular flexibility index (Phi) is 3.16. The van der Waals surface area contributed by atoms with Crippen LogP contribution in [0, 0.1) is 0 Å². The summed E-state index contributed by atoms with van der Waals surface area (Å²) in [4.78, 5) is 10.4. The predicted molar refractivity (Wildman–Crippen MR) is 42.8 cm³/mol. The molecule has 0 spiro atoms. The van der Waals surface area contributed by atoms with Gasteiger partial charge >= 0.3 is 6.03 Å². The third-order valence-corrected chi connectivity index (χ3v) is 1.87. The van der Waals surface area contributed by atoms with E-state index in [0.29, 0.717) is 0 Å². The fourth-order valence-electron chi connectivity index (χ4n) is 1.34. The van der Waals surface area contributed by atoms with Crippen LogP contribution in [0.4, 0.5) is 4.79 Å². The molecular formula is C7H15N3O. The van der Waals surface area contributed by atoms with Gasteiger partial charge in [-0.15, -0.1) is 0 Å². The summed E-state index contributed by atoms with van der Waals surface area (Å²) in [6, 6.07) is -0.452. The van der Waals surface area contributed by atoms with Crippen LogP contribution in [-0.2, 0) is 0 Å². The Labute approximate surface area is 66.7 Å². The number of hydrazine groups is 1. The van der Waals surface area contributed by atoms with Gasteiger partial charge in [0.1, 0.15) is 0 Å². The average Bonchev–Trinajstić information content (AvgIpc) is 2.14. The lowest BCUT2D eigenvalue weighted by Crippen LogP contribution is -2.45. The molecule has 1 rings (SSSR count). The molecule has 1 saturated heterocycles. The first-order valence-electron chi connectivity index (χ1n) is 4.10. The molecule has 11 heavy (non-hydrogen) atoms. The first kappa shape index (κ1) is 8.33. The molecular weight excluding hydrogens is 142 g/mol. The highest BCUT2D eigenvalue weighted by Gasteiger charge is 2.08. The summed E-state index contributed by atoms with van der Waals surface area (Å²) in [6.45, 7) is 1.87. The molecule has 1 aliphatic heterocycles. The van der Waals surface area contributed by atoms with Crippen molar-refractivity contribution < 1.29 is 4.79 Å². The maximum Gasteiger partial charge on any atom is 0.326 e. The van der Waals surface area contributed by atoms with Crippen molar-refractivity contribution in [3.63, 3.8) is 0 Å². The Morgan fingerprint density at radius 3 is 2.18 bits per heavy atom. The molecule has 0 atom stereocenters. The number of nitrogens with two attached hydrogens (primary N) is 1. The minimum atomic E-state index is -0.452. The highest BCUT2D eigenvalue weighted by atomic mass is 16.2. The van der Waals surface area contributed by atoms with Gasteiger partial charge in [0, 0.05) is 13.1 Å². The van der Waals surface area contributed by atoms with Crippen molar-refractivity contribution in [1.29, 1.82) is 0 Å². The van der Waals surface area contributed by atoms with Crippen molar-refractivity contribution in [2.24, 2.45) is 5.73 Å². The van der Waals surface area contributed by atoms with Crippen LogP contribution in [0.3, 0.4) is 0 Å². The second kappa shape index (κ2) is 4.18. The van der Waals surface area contributed by atoms with Crippen molar-refractivity contribution in [2.75, 3.05) is 13.1 Å². The molecule has 1 heterocycles. The van der Waals surface area contributed by atoms with Crippen LogP contribution in [0.15, 0.2) is 0 Å². The van der Waals surface area contributed by atoms with Crippen molar-refractivity contribution in [3.05, 3.63) is 0 Å². The maximum atomic E-state index is 10.4. The Morgan fingerprint density at radius 2 is 1.73 bits per heavy atom. The number of amides is 2. The lowest BCUT2D eigenvalue weighted by Gasteiger charge is -2.18. The predicted octanol–water partition coefficient (Wildman–Crippen LogP) is 0.446. The number of carbonyl (C=O) groups is 1. The molecule has 4 nitrogen and oxygen atoms in total. The van der Waals surface area contributed by atoms with E-state index < -0.39 is 6.03 Å². The molecule has 0 aliphatic carbocycles. The topological polar surface area (TPSA) is 58.4 Å². The van der Waals surface area contributed by atoms with E-state index in [1.165, 1.54) is 12.8 Å². The first-order valence-corrected chi connectivity index (χ1v) is 4.10. The van der Waals surface area contributed by atoms with Gasteiger partial charge < -0.3 is 5.73 Å². The van der Waals surface area contributed by atoms with Crippen LogP contribution in [-0.4, -0.2) is 24.1 Å². The normalized spacial score (nSPS) is 20.7. The van der Waals surface area contributed by atoms with Crippen molar-refractivity contribution in [3.8, 4) is 0 Å². The van der Waals surface area contributed by atoms with E-state index in [9.17, 15) is 4.79 Å². The van der Waals surface area contributed by atoms with E-state index in [-0.39, 0.29) is 0 Å². The van der Waals surface area contributed by atoms with E-state index in [1.54, 1.807) is 0 Å². The zero-order valence-corrected chi connectivity index (χ0v) is 6.68. The zero-order valence-electron chi connectivity index (χ0n) is 6.68. The van der Waals surface area contributed by atoms with Gasteiger partial charge in [-0.05, 0) is 12.8 Å². The van der Waals surface area contributed by atoms with Gasteiger partial charge in [0.15, 0.2) is 0 Å². The molecule has 0 aromatic rings. The number of hydrogen-bond donors (Lipinski definition) is 2. The van der Waals surface area contributed by atoms with Crippen LogP contribution in [0.25, 0.3) is 0 Å². The first-order chi connectivity index (χ1) is 5.29. The van der Waals surface area contributed by atoms with Crippen LogP contribution in [0.5, 0.6) is 0 Å². The van der Waals surface area contributed by atoms with Gasteiger partial charge in [0.05, 0.1) is 0 Å². The minimum absolute atomic E-state index is 0.452. The molecule has 4 heteroatoms. The Balaban J connectivity index is 2.25. The molecule has 2 amide bonds. The number of urea groups is 1. The summed E-state index contributed by atoms with van der Waals surface area (Å²) in [5, 5.41) is 1.90. The average molecular weight is 157 g/mol. The van der Waals surface area contributed by atoms with Gasteiger partial charge in [-0.1, -0.05) is 12.8 Å². The number of carbonyl (C=O) groups excluding carboxylic acids is 1. The van der Waals surface area contributed by atoms with E-state index in [2.05, 4.69) is 5.43 Å². The maximum absolute atomic E-state index is 10.4. The molecule has 0 aromatic carbocycles. The summed E-state index contributed by atoms with van der Waals surface area (Å²) in [5.74, 6) is 0. The lowest BCUT2D eigenvalue weighted by atomic mass is 10.2. The van der Waals surface area contributed by atoms with Gasteiger partial charge in [0.2, 0.25) is 0 Å². The van der Waals surface area contributed by atoms with Crippen molar-refractivity contribution in [1.82, 2.24) is 10.4 Å². The zero-order chi connectivity index (χ0) is 8.10. The number of primary amides is 1. The van der Waals surface area contributed by atoms with Crippen molar-refractivity contribution in [2.45, 2.75) is 25.7 Å². The van der Waals surface area contributed by atoms with E-state index in [4.69, 9.17) is 5.73 Å². The standard InChI is InChI=1S/C7H15N3O/c8-7(11)9-10-5-3-1-2-4-6-10/h1-6H2,(H3,8,9,11). The molecule has 1 aliphatic rings. The molecule has 0 bridgehead atoms. The van der Waals surface area contributed by atoms with Gasteiger partial charge in [-0.2, -0.15) is 0 Å². The number of nitrogens with one attached hydrogen (secondary N) is 1. The molecule has 1 fully saturated rings. The van der Waals surface area contributed by atoms with Crippen LogP contribution >= 0.6 is 0 Å². The largest absolute Gasteiger partial charge is 0.351 e. The fourth-order valence-corrected chi connectivity index (χ4v) is 1.34. The van der Waals surface area contributed by atoms with Gasteiger partial charge in [-0.25, -0.2) is 9.80 Å². The van der Waals surface area contributed by atoms with Crippen molar-refractivity contribution >= 4 is 6.03 Å². The smallest absolute Gasteiger partial charge is 0.326 e. The Bertz CT molecular complexity index is 130. The van der Waals surface area contributed by atoms with Crippen LogP contribution < -0.4 is 11.2 Å². The molecule has 0 radical (unpaired) electrons. The van der Waals surface area contributed by atoms with E-state index >= 15 is 0 Å². The van der Waals surface area contributed by atoms with Crippen LogP contribution in [0.2, 0.25) is 0 Å². The molecule has 3 N–H and O–H groups in total. The Hall–Kier alpha value is -0.770.